The maximum Gasteiger partial charge on any atom is 0.338 e. The van der Waals surface area contributed by atoms with Crippen LogP contribution < -0.4 is 0 Å². The lowest BCUT2D eigenvalue weighted by atomic mass is 10.1. The van der Waals surface area contributed by atoms with Crippen LogP contribution in [-0.2, 0) is 4.74 Å². The van der Waals surface area contributed by atoms with Gasteiger partial charge in [-0.1, -0.05) is 6.07 Å². The third-order valence-corrected chi connectivity index (χ3v) is 2.31. The Morgan fingerprint density at radius 2 is 2.12 bits per heavy atom. The van der Waals surface area contributed by atoms with Gasteiger partial charge in [0.2, 0.25) is 11.8 Å². The highest BCUT2D eigenvalue weighted by Crippen LogP contribution is 2.27. The molecule has 5 heteroatoms. The van der Waals surface area contributed by atoms with Crippen LogP contribution in [0.5, 0.6) is 11.8 Å². The Bertz CT molecular complexity index is 580. The fourth-order valence-corrected chi connectivity index (χ4v) is 1.56. The normalized spacial score (nSPS) is 10.4. The predicted molar refractivity (Wildman–Crippen MR) is 61.0 cm³/mol. The molecule has 1 heterocycles. The number of fused-ring (bicyclic) bond motifs is 1. The van der Waals surface area contributed by atoms with E-state index in [1.165, 1.54) is 12.1 Å². The van der Waals surface area contributed by atoms with Crippen LogP contribution in [0, 0.1) is 0 Å². The molecule has 0 aliphatic heterocycles. The van der Waals surface area contributed by atoms with E-state index < -0.39 is 5.97 Å². The van der Waals surface area contributed by atoms with Crippen molar-refractivity contribution < 1.29 is 19.7 Å². The lowest BCUT2D eigenvalue weighted by molar-refractivity contribution is 0.0526. The Morgan fingerprint density at radius 3 is 2.82 bits per heavy atom. The molecule has 88 valence electrons. The molecule has 0 fully saturated rings. The number of aromatic hydroxyl groups is 2. The van der Waals surface area contributed by atoms with Crippen molar-refractivity contribution in [1.82, 2.24) is 4.98 Å². The molecular formula is C12H11NO4. The smallest absolute Gasteiger partial charge is 0.338 e. The van der Waals surface area contributed by atoms with Gasteiger partial charge < -0.3 is 14.9 Å². The van der Waals surface area contributed by atoms with Crippen LogP contribution in [0.2, 0.25) is 0 Å². The maximum atomic E-state index is 11.5. The molecule has 0 aliphatic rings. The zero-order valence-corrected chi connectivity index (χ0v) is 9.17. The molecule has 1 aromatic carbocycles. The molecule has 0 aliphatic carbocycles. The Kier molecular flexibility index (Phi) is 2.82. The molecule has 0 atom stereocenters. The fourth-order valence-electron chi connectivity index (χ4n) is 1.56. The van der Waals surface area contributed by atoms with E-state index >= 15 is 0 Å². The van der Waals surface area contributed by atoms with Gasteiger partial charge in [0, 0.05) is 11.5 Å². The lowest BCUT2D eigenvalue weighted by Crippen LogP contribution is -2.04. The Balaban J connectivity index is 2.54. The van der Waals surface area contributed by atoms with Crippen molar-refractivity contribution in [2.75, 3.05) is 6.61 Å². The van der Waals surface area contributed by atoms with Crippen molar-refractivity contribution in [3.63, 3.8) is 0 Å². The van der Waals surface area contributed by atoms with Gasteiger partial charge in [0.1, 0.15) is 0 Å². The van der Waals surface area contributed by atoms with Gasteiger partial charge in [0.05, 0.1) is 12.2 Å². The van der Waals surface area contributed by atoms with E-state index in [-0.39, 0.29) is 18.4 Å². The van der Waals surface area contributed by atoms with E-state index in [0.717, 1.165) is 0 Å². The summed E-state index contributed by atoms with van der Waals surface area (Å²) >= 11 is 0. The van der Waals surface area contributed by atoms with Gasteiger partial charge in [-0.25, -0.2) is 4.79 Å². The first-order chi connectivity index (χ1) is 8.11. The number of nitrogens with zero attached hydrogens (tertiary/aromatic N) is 1. The number of ether oxygens (including phenoxy) is 1. The van der Waals surface area contributed by atoms with Crippen molar-refractivity contribution in [1.29, 1.82) is 0 Å². The molecule has 2 N–H and O–H groups in total. The third-order valence-electron chi connectivity index (χ3n) is 2.31. The van der Waals surface area contributed by atoms with Crippen LogP contribution in [0.15, 0.2) is 24.3 Å². The first kappa shape index (κ1) is 11.2. The number of hydrogen-bond acceptors (Lipinski definition) is 5. The standard InChI is InChI=1S/C12H11NO4/c1-2-17-12(16)8-4-3-7-6-10(14)13-11(15)9(7)5-8/h3-6H,2H2,1H3,(H2,13,14,15). The minimum atomic E-state index is -0.457. The summed E-state index contributed by atoms with van der Waals surface area (Å²) in [6.45, 7) is 2.01. The molecule has 0 unspecified atom stereocenters. The van der Waals surface area contributed by atoms with Gasteiger partial charge in [0.25, 0.3) is 0 Å². The van der Waals surface area contributed by atoms with Gasteiger partial charge in [-0.2, -0.15) is 4.98 Å². The number of rotatable bonds is 2. The number of benzene rings is 1. The first-order valence-corrected chi connectivity index (χ1v) is 5.11. The number of pyridine rings is 1. The molecule has 0 saturated heterocycles. The number of carbonyl (C=O) groups excluding carboxylic acids is 1. The zero-order chi connectivity index (χ0) is 12.4. The van der Waals surface area contributed by atoms with Crippen molar-refractivity contribution >= 4 is 16.7 Å². The molecule has 0 radical (unpaired) electrons. The van der Waals surface area contributed by atoms with E-state index in [1.54, 1.807) is 19.1 Å². The molecule has 2 rings (SSSR count). The average Bonchev–Trinajstić information content (AvgIpc) is 2.28. The summed E-state index contributed by atoms with van der Waals surface area (Å²) < 4.78 is 4.85. The van der Waals surface area contributed by atoms with Gasteiger partial charge in [-0.3, -0.25) is 0 Å². The minimum Gasteiger partial charge on any atom is -0.493 e. The van der Waals surface area contributed by atoms with E-state index in [0.29, 0.717) is 16.3 Å². The second-order valence-electron chi connectivity index (χ2n) is 3.46. The molecule has 17 heavy (non-hydrogen) atoms. The van der Waals surface area contributed by atoms with Gasteiger partial charge in [0.15, 0.2) is 0 Å². The summed E-state index contributed by atoms with van der Waals surface area (Å²) in [4.78, 5) is 15.0. The maximum absolute atomic E-state index is 11.5. The summed E-state index contributed by atoms with van der Waals surface area (Å²) in [5.41, 5.74) is 0.335. The first-order valence-electron chi connectivity index (χ1n) is 5.11. The van der Waals surface area contributed by atoms with Crippen LogP contribution >= 0.6 is 0 Å². The Labute approximate surface area is 97.3 Å². The molecule has 0 amide bonds. The summed E-state index contributed by atoms with van der Waals surface area (Å²) in [5, 5.41) is 19.8. The highest BCUT2D eigenvalue weighted by molar-refractivity contribution is 5.97. The highest BCUT2D eigenvalue weighted by Gasteiger charge is 2.10. The highest BCUT2D eigenvalue weighted by atomic mass is 16.5. The molecule has 1 aromatic heterocycles. The fraction of sp³-hybridized carbons (Fsp3) is 0.167. The Morgan fingerprint density at radius 1 is 1.35 bits per heavy atom. The molecular weight excluding hydrogens is 222 g/mol. The topological polar surface area (TPSA) is 79.7 Å². The summed E-state index contributed by atoms with van der Waals surface area (Å²) in [5.74, 6) is -1.04. The van der Waals surface area contributed by atoms with Crippen LogP contribution in [0.25, 0.3) is 10.8 Å². The number of esters is 1. The molecule has 5 nitrogen and oxygen atoms in total. The Hall–Kier alpha value is -2.30. The summed E-state index contributed by atoms with van der Waals surface area (Å²) in [7, 11) is 0. The molecule has 2 aromatic rings. The van der Waals surface area contributed by atoms with Gasteiger partial charge in [-0.15, -0.1) is 0 Å². The van der Waals surface area contributed by atoms with E-state index in [2.05, 4.69) is 4.98 Å². The average molecular weight is 233 g/mol. The van der Waals surface area contributed by atoms with Crippen LogP contribution in [-0.4, -0.2) is 27.8 Å². The molecule has 0 bridgehead atoms. The summed E-state index contributed by atoms with van der Waals surface area (Å²) in [6, 6.07) is 6.07. The van der Waals surface area contributed by atoms with Crippen molar-refractivity contribution in [2.24, 2.45) is 0 Å². The third kappa shape index (κ3) is 2.13. The van der Waals surface area contributed by atoms with Crippen molar-refractivity contribution in [3.05, 3.63) is 29.8 Å². The van der Waals surface area contributed by atoms with Gasteiger partial charge in [-0.05, 0) is 24.4 Å². The monoisotopic (exact) mass is 233 g/mol. The molecule has 0 saturated carbocycles. The van der Waals surface area contributed by atoms with Crippen molar-refractivity contribution in [2.45, 2.75) is 6.92 Å². The predicted octanol–water partition coefficient (Wildman–Crippen LogP) is 1.82. The van der Waals surface area contributed by atoms with Crippen LogP contribution in [0.3, 0.4) is 0 Å². The number of aromatic nitrogens is 1. The van der Waals surface area contributed by atoms with Crippen LogP contribution in [0.4, 0.5) is 0 Å². The van der Waals surface area contributed by atoms with Gasteiger partial charge >= 0.3 is 5.97 Å². The lowest BCUT2D eigenvalue weighted by Gasteiger charge is -2.05. The molecule has 0 spiro atoms. The van der Waals surface area contributed by atoms with E-state index in [1.807, 2.05) is 0 Å². The zero-order valence-electron chi connectivity index (χ0n) is 9.17. The van der Waals surface area contributed by atoms with Crippen molar-refractivity contribution in [3.8, 4) is 11.8 Å². The minimum absolute atomic E-state index is 0.265. The SMILES string of the molecule is CCOC(=O)c1ccc2cc(O)nc(O)c2c1. The number of hydrogen-bond donors (Lipinski definition) is 2. The second kappa shape index (κ2) is 4.29. The summed E-state index contributed by atoms with van der Waals surface area (Å²) in [6.07, 6.45) is 0. The second-order valence-corrected chi connectivity index (χ2v) is 3.46. The van der Waals surface area contributed by atoms with E-state index in [9.17, 15) is 15.0 Å². The number of carbonyl (C=O) groups is 1. The quantitative estimate of drug-likeness (QED) is 0.773. The largest absolute Gasteiger partial charge is 0.493 e. The van der Waals surface area contributed by atoms with E-state index in [4.69, 9.17) is 4.74 Å². The van der Waals surface area contributed by atoms with Crippen LogP contribution in [0.1, 0.15) is 17.3 Å².